The van der Waals surface area contributed by atoms with E-state index in [0.29, 0.717) is 5.41 Å². The van der Waals surface area contributed by atoms with Crippen LogP contribution >= 0.6 is 15.9 Å². The first-order chi connectivity index (χ1) is 7.26. The molecule has 15 heavy (non-hydrogen) atoms. The number of nitrogens with zero attached hydrogens (tertiary/aromatic N) is 1. The van der Waals surface area contributed by atoms with E-state index in [4.69, 9.17) is 0 Å². The Bertz CT molecular complexity index is 329. The summed E-state index contributed by atoms with van der Waals surface area (Å²) in [5.41, 5.74) is 0.539. The largest absolute Gasteiger partial charge is 0.369 e. The molecule has 0 bridgehead atoms. The Labute approximate surface area is 99.6 Å². The summed E-state index contributed by atoms with van der Waals surface area (Å²) in [5.74, 6) is 0.970. The number of hydrogen-bond donors (Lipinski definition) is 1. The van der Waals surface area contributed by atoms with Gasteiger partial charge in [-0.05, 0) is 52.7 Å². The third kappa shape index (κ3) is 2.33. The quantitative estimate of drug-likeness (QED) is 0.898. The number of rotatable bonds is 4. The van der Waals surface area contributed by atoms with E-state index in [-0.39, 0.29) is 0 Å². The number of aromatic nitrogens is 1. The molecule has 1 aromatic heterocycles. The number of nitrogens with one attached hydrogen (secondary N) is 1. The lowest BCUT2D eigenvalue weighted by molar-refractivity contribution is 0.145. The van der Waals surface area contributed by atoms with Crippen LogP contribution in [0.5, 0.6) is 0 Å². The number of anilines is 1. The average Bonchev–Trinajstić information content (AvgIpc) is 2.19. The topological polar surface area (TPSA) is 24.9 Å². The van der Waals surface area contributed by atoms with Crippen LogP contribution in [0.15, 0.2) is 22.8 Å². The van der Waals surface area contributed by atoms with Gasteiger partial charge in [0.15, 0.2) is 0 Å². The van der Waals surface area contributed by atoms with Crippen LogP contribution in [0.3, 0.4) is 0 Å². The monoisotopic (exact) mass is 268 g/mol. The second kappa shape index (κ2) is 4.52. The zero-order valence-corrected chi connectivity index (χ0v) is 10.7. The predicted octanol–water partition coefficient (Wildman–Crippen LogP) is 3.84. The van der Waals surface area contributed by atoms with Crippen molar-refractivity contribution in [2.45, 2.75) is 32.6 Å². The molecule has 1 fully saturated rings. The molecule has 1 heterocycles. The summed E-state index contributed by atoms with van der Waals surface area (Å²) in [4.78, 5) is 4.32. The van der Waals surface area contributed by atoms with E-state index in [1.54, 1.807) is 0 Å². The molecule has 2 nitrogen and oxygen atoms in total. The Morgan fingerprint density at radius 1 is 1.53 bits per heavy atom. The van der Waals surface area contributed by atoms with Crippen LogP contribution in [0.2, 0.25) is 0 Å². The normalized spacial score (nSPS) is 18.3. The van der Waals surface area contributed by atoms with Gasteiger partial charge in [0, 0.05) is 12.7 Å². The van der Waals surface area contributed by atoms with Crippen molar-refractivity contribution in [3.8, 4) is 0 Å². The predicted molar refractivity (Wildman–Crippen MR) is 67.0 cm³/mol. The van der Waals surface area contributed by atoms with Crippen LogP contribution in [-0.2, 0) is 0 Å². The molecule has 0 atom stereocenters. The van der Waals surface area contributed by atoms with E-state index < -0.39 is 0 Å². The van der Waals surface area contributed by atoms with Gasteiger partial charge in [0.2, 0.25) is 0 Å². The second-order valence-corrected chi connectivity index (χ2v) is 5.25. The summed E-state index contributed by atoms with van der Waals surface area (Å²) in [6, 6.07) is 3.96. The fraction of sp³-hybridized carbons (Fsp3) is 0.583. The average molecular weight is 269 g/mol. The van der Waals surface area contributed by atoms with Gasteiger partial charge < -0.3 is 5.32 Å². The van der Waals surface area contributed by atoms with Gasteiger partial charge >= 0.3 is 0 Å². The van der Waals surface area contributed by atoms with Crippen LogP contribution in [0, 0.1) is 5.41 Å². The lowest BCUT2D eigenvalue weighted by Crippen LogP contribution is -2.36. The molecule has 0 aromatic carbocycles. The van der Waals surface area contributed by atoms with Crippen LogP contribution in [0.25, 0.3) is 0 Å². The Morgan fingerprint density at radius 3 is 2.87 bits per heavy atom. The molecule has 0 aliphatic heterocycles. The summed E-state index contributed by atoms with van der Waals surface area (Å²) in [5, 5.41) is 3.45. The Kier molecular flexibility index (Phi) is 3.29. The molecule has 0 unspecified atom stereocenters. The van der Waals surface area contributed by atoms with E-state index in [2.05, 4.69) is 33.2 Å². The fourth-order valence-corrected chi connectivity index (χ4v) is 2.51. The molecule has 1 aliphatic carbocycles. The van der Waals surface area contributed by atoms with Crippen LogP contribution in [-0.4, -0.2) is 11.5 Å². The van der Waals surface area contributed by atoms with Crippen molar-refractivity contribution in [2.24, 2.45) is 5.41 Å². The maximum atomic E-state index is 4.32. The highest BCUT2D eigenvalue weighted by Crippen LogP contribution is 2.43. The second-order valence-electron chi connectivity index (χ2n) is 4.39. The van der Waals surface area contributed by atoms with Crippen LogP contribution < -0.4 is 5.32 Å². The van der Waals surface area contributed by atoms with Gasteiger partial charge in [-0.25, -0.2) is 4.98 Å². The highest BCUT2D eigenvalue weighted by molar-refractivity contribution is 9.10. The maximum absolute atomic E-state index is 4.32. The molecule has 1 saturated carbocycles. The maximum Gasteiger partial charge on any atom is 0.140 e. The molecular weight excluding hydrogens is 252 g/mol. The fourth-order valence-electron chi connectivity index (χ4n) is 2.12. The van der Waals surface area contributed by atoms with Crippen molar-refractivity contribution in [2.75, 3.05) is 11.9 Å². The summed E-state index contributed by atoms with van der Waals surface area (Å²) in [6.45, 7) is 3.34. The Hall–Kier alpha value is -0.570. The molecular formula is C12H17BrN2. The summed E-state index contributed by atoms with van der Waals surface area (Å²) in [6.07, 6.45) is 7.21. The van der Waals surface area contributed by atoms with Gasteiger partial charge in [-0.3, -0.25) is 0 Å². The van der Waals surface area contributed by atoms with Crippen molar-refractivity contribution < 1.29 is 0 Å². The van der Waals surface area contributed by atoms with Gasteiger partial charge in [0.25, 0.3) is 0 Å². The molecule has 1 aromatic rings. The number of hydrogen-bond acceptors (Lipinski definition) is 2. The highest BCUT2D eigenvalue weighted by atomic mass is 79.9. The van der Waals surface area contributed by atoms with Gasteiger partial charge in [0.05, 0.1) is 4.47 Å². The van der Waals surface area contributed by atoms with Crippen molar-refractivity contribution in [1.29, 1.82) is 0 Å². The van der Waals surface area contributed by atoms with Gasteiger partial charge in [-0.1, -0.05) is 13.3 Å². The Balaban J connectivity index is 1.95. The lowest BCUT2D eigenvalue weighted by Gasteiger charge is -2.41. The zero-order chi connectivity index (χ0) is 10.7. The van der Waals surface area contributed by atoms with Crippen molar-refractivity contribution in [1.82, 2.24) is 4.98 Å². The third-order valence-corrected chi connectivity index (χ3v) is 4.19. The standard InChI is InChI=1S/C12H17BrN2/c1-2-12(6-4-7-12)9-15-11-10(13)5-3-8-14-11/h3,5,8H,2,4,6-7,9H2,1H3,(H,14,15). The molecule has 1 N–H and O–H groups in total. The molecule has 3 heteroatoms. The minimum absolute atomic E-state index is 0.539. The molecule has 2 rings (SSSR count). The first kappa shape index (κ1) is 10.9. The third-order valence-electron chi connectivity index (χ3n) is 3.55. The molecule has 0 amide bonds. The van der Waals surface area contributed by atoms with Gasteiger partial charge in [0.1, 0.15) is 5.82 Å². The summed E-state index contributed by atoms with van der Waals surface area (Å²) >= 11 is 3.50. The van der Waals surface area contributed by atoms with Crippen molar-refractivity contribution >= 4 is 21.7 Å². The zero-order valence-electron chi connectivity index (χ0n) is 9.09. The van der Waals surface area contributed by atoms with Crippen molar-refractivity contribution in [3.63, 3.8) is 0 Å². The molecule has 0 saturated heterocycles. The first-order valence-corrected chi connectivity index (χ1v) is 6.39. The summed E-state index contributed by atoms with van der Waals surface area (Å²) in [7, 11) is 0. The smallest absolute Gasteiger partial charge is 0.140 e. The van der Waals surface area contributed by atoms with E-state index in [9.17, 15) is 0 Å². The van der Waals surface area contributed by atoms with Crippen LogP contribution in [0.1, 0.15) is 32.6 Å². The molecule has 82 valence electrons. The minimum Gasteiger partial charge on any atom is -0.369 e. The Morgan fingerprint density at radius 2 is 2.33 bits per heavy atom. The van der Waals surface area contributed by atoms with E-state index in [1.165, 1.54) is 25.7 Å². The summed E-state index contributed by atoms with van der Waals surface area (Å²) < 4.78 is 1.05. The van der Waals surface area contributed by atoms with Gasteiger partial charge in [-0.2, -0.15) is 0 Å². The molecule has 1 aliphatic rings. The number of halogens is 1. The van der Waals surface area contributed by atoms with Gasteiger partial charge in [-0.15, -0.1) is 0 Å². The van der Waals surface area contributed by atoms with E-state index in [1.807, 2.05) is 18.3 Å². The van der Waals surface area contributed by atoms with Crippen LogP contribution in [0.4, 0.5) is 5.82 Å². The lowest BCUT2D eigenvalue weighted by atomic mass is 9.67. The highest BCUT2D eigenvalue weighted by Gasteiger charge is 2.34. The number of pyridine rings is 1. The SMILES string of the molecule is CCC1(CNc2ncccc2Br)CCC1. The molecule has 0 radical (unpaired) electrons. The molecule has 0 spiro atoms. The van der Waals surface area contributed by atoms with E-state index >= 15 is 0 Å². The van der Waals surface area contributed by atoms with Crippen molar-refractivity contribution in [3.05, 3.63) is 22.8 Å². The minimum atomic E-state index is 0.539. The van der Waals surface area contributed by atoms with E-state index in [0.717, 1.165) is 16.8 Å². The first-order valence-electron chi connectivity index (χ1n) is 5.60.